The van der Waals surface area contributed by atoms with Crippen LogP contribution in [0, 0.1) is 6.92 Å². The fourth-order valence-corrected chi connectivity index (χ4v) is 3.48. The molecule has 0 saturated carbocycles. The highest BCUT2D eigenvalue weighted by molar-refractivity contribution is 7.18. The molecule has 0 atom stereocenters. The van der Waals surface area contributed by atoms with Crippen molar-refractivity contribution in [3.05, 3.63) is 66.5 Å². The van der Waals surface area contributed by atoms with Crippen molar-refractivity contribution in [1.82, 2.24) is 9.38 Å². The first-order chi connectivity index (χ1) is 11.4. The Hall–Kier alpha value is -2.15. The number of hydrogen-bond donors (Lipinski definition) is 1. The summed E-state index contributed by atoms with van der Waals surface area (Å²) < 4.78 is 1.24. The number of halogens is 2. The van der Waals surface area contributed by atoms with E-state index in [9.17, 15) is 9.59 Å². The quantitative estimate of drug-likeness (QED) is 0.737. The van der Waals surface area contributed by atoms with Gasteiger partial charge in [-0.15, -0.1) is 0 Å². The number of aromatic nitrogens is 2. The number of rotatable bonds is 3. The van der Waals surface area contributed by atoms with Crippen LogP contribution in [0.4, 0.5) is 0 Å². The lowest BCUT2D eigenvalue weighted by Crippen LogP contribution is -2.17. The van der Waals surface area contributed by atoms with Gasteiger partial charge in [-0.3, -0.25) is 9.20 Å². The Morgan fingerprint density at radius 3 is 2.58 bits per heavy atom. The van der Waals surface area contributed by atoms with Crippen LogP contribution in [-0.2, 0) is 0 Å². The summed E-state index contributed by atoms with van der Waals surface area (Å²) in [4.78, 5) is 28.2. The molecule has 0 aliphatic heterocycles. The van der Waals surface area contributed by atoms with Gasteiger partial charge in [0.2, 0.25) is 0 Å². The zero-order valence-corrected chi connectivity index (χ0v) is 14.6. The molecule has 2 heterocycles. The number of carboxylic acids is 1. The minimum atomic E-state index is -1.09. The SMILES string of the molecule is Cc1c(C=Cc2c(Cl)cccc2Cl)nc2sc(C(=O)O)cn2c1=O. The average Bonchev–Trinajstić information content (AvgIpc) is 2.96. The van der Waals surface area contributed by atoms with Gasteiger partial charge in [0.15, 0.2) is 4.96 Å². The third kappa shape index (κ3) is 2.96. The van der Waals surface area contributed by atoms with E-state index in [1.807, 2.05) is 0 Å². The maximum Gasteiger partial charge on any atom is 0.347 e. The van der Waals surface area contributed by atoms with Gasteiger partial charge in [0.05, 0.1) is 5.69 Å². The van der Waals surface area contributed by atoms with E-state index >= 15 is 0 Å². The molecule has 0 saturated heterocycles. The van der Waals surface area contributed by atoms with E-state index in [0.717, 1.165) is 11.3 Å². The normalized spacial score (nSPS) is 11.5. The lowest BCUT2D eigenvalue weighted by atomic mass is 10.1. The number of fused-ring (bicyclic) bond motifs is 1. The van der Waals surface area contributed by atoms with Gasteiger partial charge in [0.1, 0.15) is 4.88 Å². The molecule has 0 aliphatic rings. The molecule has 3 aromatic rings. The molecular formula is C16H10Cl2N2O3S. The molecule has 0 amide bonds. The second kappa shape index (κ2) is 6.39. The maximum atomic E-state index is 12.4. The summed E-state index contributed by atoms with van der Waals surface area (Å²) in [5, 5.41) is 10.0. The number of carbonyl (C=O) groups is 1. The minimum Gasteiger partial charge on any atom is -0.477 e. The van der Waals surface area contributed by atoms with Gasteiger partial charge in [-0.05, 0) is 31.2 Å². The van der Waals surface area contributed by atoms with Crippen LogP contribution in [0.1, 0.15) is 26.5 Å². The zero-order valence-electron chi connectivity index (χ0n) is 12.3. The second-order valence-corrected chi connectivity index (χ2v) is 6.77. The molecule has 1 aromatic carbocycles. The molecule has 0 bridgehead atoms. The molecule has 2 aromatic heterocycles. The number of nitrogens with zero attached hydrogens (tertiary/aromatic N) is 2. The van der Waals surface area contributed by atoms with Crippen LogP contribution >= 0.6 is 34.5 Å². The fraction of sp³-hybridized carbons (Fsp3) is 0.0625. The summed E-state index contributed by atoms with van der Waals surface area (Å²) in [5.74, 6) is -1.09. The number of carboxylic acid groups (broad SMARTS) is 1. The number of aromatic carboxylic acids is 1. The summed E-state index contributed by atoms with van der Waals surface area (Å²) in [6, 6.07) is 5.16. The summed E-state index contributed by atoms with van der Waals surface area (Å²) in [7, 11) is 0. The molecule has 8 heteroatoms. The average molecular weight is 381 g/mol. The largest absolute Gasteiger partial charge is 0.477 e. The fourth-order valence-electron chi connectivity index (χ4n) is 2.14. The molecule has 3 rings (SSSR count). The Balaban J connectivity index is 2.13. The van der Waals surface area contributed by atoms with E-state index in [1.165, 1.54) is 10.6 Å². The van der Waals surface area contributed by atoms with E-state index in [4.69, 9.17) is 28.3 Å². The number of benzene rings is 1. The van der Waals surface area contributed by atoms with Crippen molar-refractivity contribution in [2.75, 3.05) is 0 Å². The molecule has 0 aliphatic carbocycles. The third-order valence-corrected chi connectivity index (χ3v) is 5.04. The van der Waals surface area contributed by atoms with E-state index in [1.54, 1.807) is 37.3 Å². The highest BCUT2D eigenvalue weighted by atomic mass is 35.5. The van der Waals surface area contributed by atoms with Gasteiger partial charge >= 0.3 is 5.97 Å². The second-order valence-electron chi connectivity index (χ2n) is 4.95. The highest BCUT2D eigenvalue weighted by Crippen LogP contribution is 2.26. The van der Waals surface area contributed by atoms with Crippen molar-refractivity contribution in [1.29, 1.82) is 0 Å². The van der Waals surface area contributed by atoms with Gasteiger partial charge in [-0.25, -0.2) is 9.78 Å². The highest BCUT2D eigenvalue weighted by Gasteiger charge is 2.14. The van der Waals surface area contributed by atoms with Gasteiger partial charge < -0.3 is 5.11 Å². The first kappa shape index (κ1) is 16.7. The van der Waals surface area contributed by atoms with E-state index in [-0.39, 0.29) is 10.4 Å². The Kier molecular flexibility index (Phi) is 4.45. The van der Waals surface area contributed by atoms with Crippen molar-refractivity contribution < 1.29 is 9.90 Å². The van der Waals surface area contributed by atoms with Crippen LogP contribution in [0.15, 0.2) is 29.2 Å². The summed E-state index contributed by atoms with van der Waals surface area (Å²) in [6.45, 7) is 1.63. The van der Waals surface area contributed by atoms with E-state index < -0.39 is 5.97 Å². The molecule has 5 nitrogen and oxygen atoms in total. The van der Waals surface area contributed by atoms with Crippen LogP contribution in [-0.4, -0.2) is 20.5 Å². The van der Waals surface area contributed by atoms with Crippen LogP contribution in [0.5, 0.6) is 0 Å². The predicted molar refractivity (Wildman–Crippen MR) is 96.4 cm³/mol. The molecule has 0 unspecified atom stereocenters. The first-order valence-electron chi connectivity index (χ1n) is 6.76. The lowest BCUT2D eigenvalue weighted by Gasteiger charge is -2.03. The Morgan fingerprint density at radius 2 is 1.96 bits per heavy atom. The zero-order chi connectivity index (χ0) is 17.4. The monoisotopic (exact) mass is 380 g/mol. The summed E-state index contributed by atoms with van der Waals surface area (Å²) >= 11 is 13.2. The topological polar surface area (TPSA) is 71.7 Å². The Bertz CT molecular complexity index is 1030. The van der Waals surface area contributed by atoms with Crippen LogP contribution in [0.2, 0.25) is 10.0 Å². The van der Waals surface area contributed by atoms with Gasteiger partial charge in [-0.2, -0.15) is 0 Å². The van der Waals surface area contributed by atoms with Gasteiger partial charge in [-0.1, -0.05) is 40.6 Å². The van der Waals surface area contributed by atoms with E-state index in [0.29, 0.717) is 31.8 Å². The summed E-state index contributed by atoms with van der Waals surface area (Å²) in [6.07, 6.45) is 4.61. The molecule has 24 heavy (non-hydrogen) atoms. The molecule has 0 radical (unpaired) electrons. The van der Waals surface area contributed by atoms with Gasteiger partial charge in [0, 0.05) is 27.4 Å². The first-order valence-corrected chi connectivity index (χ1v) is 8.34. The van der Waals surface area contributed by atoms with Crippen LogP contribution in [0.25, 0.3) is 17.1 Å². The van der Waals surface area contributed by atoms with Crippen molar-refractivity contribution >= 4 is 57.6 Å². The Labute approximate surface area is 150 Å². The molecule has 122 valence electrons. The maximum absolute atomic E-state index is 12.4. The van der Waals surface area contributed by atoms with Crippen molar-refractivity contribution in [3.63, 3.8) is 0 Å². The Morgan fingerprint density at radius 1 is 1.29 bits per heavy atom. The predicted octanol–water partition coefficient (Wildman–Crippen LogP) is 4.24. The van der Waals surface area contributed by atoms with Crippen molar-refractivity contribution in [2.45, 2.75) is 6.92 Å². The third-order valence-electron chi connectivity index (χ3n) is 3.41. The lowest BCUT2D eigenvalue weighted by molar-refractivity contribution is 0.0702. The van der Waals surface area contributed by atoms with Crippen molar-refractivity contribution in [2.24, 2.45) is 0 Å². The minimum absolute atomic E-state index is 0.0503. The molecule has 0 spiro atoms. The molecule has 1 N–H and O–H groups in total. The molecular weight excluding hydrogens is 371 g/mol. The van der Waals surface area contributed by atoms with Crippen LogP contribution < -0.4 is 5.56 Å². The van der Waals surface area contributed by atoms with Gasteiger partial charge in [0.25, 0.3) is 5.56 Å². The number of hydrogen-bond acceptors (Lipinski definition) is 4. The van der Waals surface area contributed by atoms with E-state index in [2.05, 4.69) is 4.98 Å². The molecule has 0 fully saturated rings. The smallest absolute Gasteiger partial charge is 0.347 e. The summed E-state index contributed by atoms with van der Waals surface area (Å²) in [5.41, 5.74) is 1.16. The van der Waals surface area contributed by atoms with Crippen LogP contribution in [0.3, 0.4) is 0 Å². The van der Waals surface area contributed by atoms with Crippen molar-refractivity contribution in [3.8, 4) is 0 Å². The number of thiazole rings is 1. The standard InChI is InChI=1S/C16H10Cl2N2O3S/c1-8-12(6-5-9-10(17)3-2-4-11(9)18)19-16-20(14(8)21)7-13(24-16)15(22)23/h2-7H,1H3,(H,22,23).